The smallest absolute Gasteiger partial charge is 0.323 e. The van der Waals surface area contributed by atoms with Gasteiger partial charge in [-0.3, -0.25) is 0 Å². The zero-order valence-electron chi connectivity index (χ0n) is 13.2. The molecule has 2 amide bonds. The van der Waals surface area contributed by atoms with E-state index in [9.17, 15) is 4.79 Å². The van der Waals surface area contributed by atoms with Crippen LogP contribution >= 0.6 is 0 Å². The molecule has 0 unspecified atom stereocenters. The zero-order valence-corrected chi connectivity index (χ0v) is 13.2. The number of imidazole rings is 1. The van der Waals surface area contributed by atoms with Gasteiger partial charge in [-0.1, -0.05) is 36.4 Å². The van der Waals surface area contributed by atoms with Crippen LogP contribution in [0.25, 0.3) is 21.8 Å². The number of fused-ring (bicyclic) bond motifs is 2. The third kappa shape index (κ3) is 2.56. The van der Waals surface area contributed by atoms with Crippen molar-refractivity contribution in [1.82, 2.24) is 9.55 Å². The fourth-order valence-electron chi connectivity index (χ4n) is 2.83. The minimum atomic E-state index is -0.276. The van der Waals surface area contributed by atoms with Gasteiger partial charge < -0.3 is 15.2 Å². The predicted octanol–water partition coefficient (Wildman–Crippen LogP) is 4.37. The molecule has 0 aliphatic heterocycles. The molecule has 0 atom stereocenters. The van der Waals surface area contributed by atoms with Crippen LogP contribution in [0.2, 0.25) is 0 Å². The molecule has 0 bridgehead atoms. The number of benzene rings is 3. The Balaban J connectivity index is 1.57. The zero-order chi connectivity index (χ0) is 16.5. The lowest BCUT2D eigenvalue weighted by atomic mass is 10.1. The molecule has 0 radical (unpaired) electrons. The van der Waals surface area contributed by atoms with E-state index < -0.39 is 0 Å². The number of rotatable bonds is 2. The highest BCUT2D eigenvalue weighted by Crippen LogP contribution is 2.23. The summed E-state index contributed by atoms with van der Waals surface area (Å²) < 4.78 is 1.94. The number of nitrogens with one attached hydrogen (secondary N) is 2. The number of nitrogens with zero attached hydrogens (tertiary/aromatic N) is 2. The second-order valence-corrected chi connectivity index (χ2v) is 5.66. The molecule has 3 aromatic carbocycles. The third-order valence-electron chi connectivity index (χ3n) is 4.02. The summed E-state index contributed by atoms with van der Waals surface area (Å²) in [5.41, 5.74) is 3.36. The number of hydrogen-bond donors (Lipinski definition) is 2. The van der Waals surface area contributed by atoms with Crippen molar-refractivity contribution >= 4 is 39.2 Å². The summed E-state index contributed by atoms with van der Waals surface area (Å²) in [6.07, 6.45) is 1.75. The average Bonchev–Trinajstić information content (AvgIpc) is 2.96. The van der Waals surface area contributed by atoms with Gasteiger partial charge in [0, 0.05) is 18.1 Å². The number of urea groups is 1. The van der Waals surface area contributed by atoms with Crippen molar-refractivity contribution in [3.8, 4) is 0 Å². The summed E-state index contributed by atoms with van der Waals surface area (Å²) in [6.45, 7) is 0. The van der Waals surface area contributed by atoms with Crippen molar-refractivity contribution in [2.45, 2.75) is 0 Å². The molecule has 0 saturated carbocycles. The molecule has 0 aliphatic carbocycles. The molecule has 0 spiro atoms. The first-order chi connectivity index (χ1) is 11.7. The van der Waals surface area contributed by atoms with Crippen LogP contribution in [0.3, 0.4) is 0 Å². The van der Waals surface area contributed by atoms with Crippen LogP contribution in [0.4, 0.5) is 16.2 Å². The van der Waals surface area contributed by atoms with Crippen LogP contribution in [-0.4, -0.2) is 15.6 Å². The Morgan fingerprint density at radius 1 is 1.00 bits per heavy atom. The summed E-state index contributed by atoms with van der Waals surface area (Å²) in [5, 5.41) is 7.87. The van der Waals surface area contributed by atoms with E-state index in [2.05, 4.69) is 15.6 Å². The van der Waals surface area contributed by atoms with E-state index in [-0.39, 0.29) is 6.03 Å². The predicted molar refractivity (Wildman–Crippen MR) is 97.3 cm³/mol. The van der Waals surface area contributed by atoms with Gasteiger partial charge in [0.15, 0.2) is 0 Å². The van der Waals surface area contributed by atoms with Crippen LogP contribution in [0.1, 0.15) is 0 Å². The van der Waals surface area contributed by atoms with Crippen molar-refractivity contribution < 1.29 is 4.79 Å². The van der Waals surface area contributed by atoms with Crippen molar-refractivity contribution in [2.24, 2.45) is 7.05 Å². The van der Waals surface area contributed by atoms with Gasteiger partial charge in [0.25, 0.3) is 0 Å². The summed E-state index contributed by atoms with van der Waals surface area (Å²) in [6, 6.07) is 19.2. The maximum absolute atomic E-state index is 12.3. The lowest BCUT2D eigenvalue weighted by molar-refractivity contribution is 0.262. The van der Waals surface area contributed by atoms with E-state index in [0.717, 1.165) is 27.5 Å². The average molecular weight is 316 g/mol. The quantitative estimate of drug-likeness (QED) is 0.577. The SMILES string of the molecule is Cn1cnc2cc(NC(=O)Nc3cccc4ccccc34)ccc21. The first-order valence-electron chi connectivity index (χ1n) is 7.67. The molecular formula is C19H16N4O. The lowest BCUT2D eigenvalue weighted by Crippen LogP contribution is -2.19. The van der Waals surface area contributed by atoms with E-state index in [4.69, 9.17) is 0 Å². The maximum atomic E-state index is 12.3. The number of aromatic nitrogens is 2. The Bertz CT molecular complexity index is 1050. The molecule has 5 heteroatoms. The van der Waals surface area contributed by atoms with E-state index in [1.807, 2.05) is 72.3 Å². The molecule has 2 N–H and O–H groups in total. The number of hydrogen-bond acceptors (Lipinski definition) is 2. The van der Waals surface area contributed by atoms with E-state index in [1.54, 1.807) is 6.33 Å². The molecular weight excluding hydrogens is 300 g/mol. The maximum Gasteiger partial charge on any atom is 0.323 e. The number of amides is 2. The Hall–Kier alpha value is -3.34. The van der Waals surface area contributed by atoms with Crippen LogP contribution in [-0.2, 0) is 7.05 Å². The Morgan fingerprint density at radius 2 is 1.83 bits per heavy atom. The van der Waals surface area contributed by atoms with Gasteiger partial charge in [-0.2, -0.15) is 0 Å². The largest absolute Gasteiger partial charge is 0.334 e. The van der Waals surface area contributed by atoms with E-state index in [1.165, 1.54) is 0 Å². The van der Waals surface area contributed by atoms with Crippen molar-refractivity contribution in [3.05, 3.63) is 67.0 Å². The molecule has 0 fully saturated rings. The second kappa shape index (κ2) is 5.70. The van der Waals surface area contributed by atoms with Gasteiger partial charge in [0.1, 0.15) is 0 Å². The summed E-state index contributed by atoms with van der Waals surface area (Å²) in [5.74, 6) is 0. The standard InChI is InChI=1S/C19H16N4O/c1-23-12-20-17-11-14(9-10-18(17)23)21-19(24)22-16-8-4-6-13-5-2-3-7-15(13)16/h2-12H,1H3,(H2,21,22,24). The van der Waals surface area contributed by atoms with Crippen molar-refractivity contribution in [2.75, 3.05) is 10.6 Å². The van der Waals surface area contributed by atoms with Gasteiger partial charge in [0.2, 0.25) is 0 Å². The Kier molecular flexibility index (Phi) is 3.39. The second-order valence-electron chi connectivity index (χ2n) is 5.66. The molecule has 118 valence electrons. The van der Waals surface area contributed by atoms with E-state index in [0.29, 0.717) is 5.69 Å². The summed E-state index contributed by atoms with van der Waals surface area (Å²) in [7, 11) is 1.94. The Morgan fingerprint density at radius 3 is 2.75 bits per heavy atom. The molecule has 5 nitrogen and oxygen atoms in total. The highest BCUT2D eigenvalue weighted by Gasteiger charge is 2.07. The molecule has 0 aliphatic rings. The lowest BCUT2D eigenvalue weighted by Gasteiger charge is -2.10. The summed E-state index contributed by atoms with van der Waals surface area (Å²) in [4.78, 5) is 16.6. The molecule has 1 heterocycles. The highest BCUT2D eigenvalue weighted by molar-refractivity contribution is 6.06. The molecule has 24 heavy (non-hydrogen) atoms. The topological polar surface area (TPSA) is 59.0 Å². The van der Waals surface area contributed by atoms with E-state index >= 15 is 0 Å². The van der Waals surface area contributed by atoms with Crippen LogP contribution in [0.15, 0.2) is 67.0 Å². The Labute approximate surface area is 138 Å². The fourth-order valence-corrected chi connectivity index (χ4v) is 2.83. The first kappa shape index (κ1) is 14.3. The number of carbonyl (C=O) groups excluding carboxylic acids is 1. The van der Waals surface area contributed by atoms with Crippen LogP contribution in [0, 0.1) is 0 Å². The van der Waals surface area contributed by atoms with Gasteiger partial charge >= 0.3 is 6.03 Å². The molecule has 1 aromatic heterocycles. The number of aryl methyl sites for hydroxylation is 1. The third-order valence-corrected chi connectivity index (χ3v) is 4.02. The number of anilines is 2. The highest BCUT2D eigenvalue weighted by atomic mass is 16.2. The van der Waals surface area contributed by atoms with Gasteiger partial charge in [-0.15, -0.1) is 0 Å². The minimum Gasteiger partial charge on any atom is -0.334 e. The van der Waals surface area contributed by atoms with Crippen LogP contribution in [0.5, 0.6) is 0 Å². The minimum absolute atomic E-state index is 0.276. The van der Waals surface area contributed by atoms with Gasteiger partial charge in [-0.05, 0) is 29.7 Å². The van der Waals surface area contributed by atoms with Crippen molar-refractivity contribution in [3.63, 3.8) is 0 Å². The number of carbonyl (C=O) groups is 1. The van der Waals surface area contributed by atoms with Gasteiger partial charge in [0.05, 0.1) is 23.0 Å². The first-order valence-corrected chi connectivity index (χ1v) is 7.67. The fraction of sp³-hybridized carbons (Fsp3) is 0.0526. The summed E-state index contributed by atoms with van der Waals surface area (Å²) >= 11 is 0. The molecule has 0 saturated heterocycles. The monoisotopic (exact) mass is 316 g/mol. The molecule has 4 aromatic rings. The van der Waals surface area contributed by atoms with Crippen molar-refractivity contribution in [1.29, 1.82) is 0 Å². The normalized spacial score (nSPS) is 10.9. The van der Waals surface area contributed by atoms with Gasteiger partial charge in [-0.25, -0.2) is 9.78 Å². The van der Waals surface area contributed by atoms with Crippen LogP contribution < -0.4 is 10.6 Å². The molecule has 4 rings (SSSR count).